The minimum Gasteiger partial charge on any atom is -0.325 e. The number of para-hydroxylation sites is 1. The maximum atomic E-state index is 13.4. The van der Waals surface area contributed by atoms with Crippen LogP contribution in [0.15, 0.2) is 76.7 Å². The molecule has 35 heavy (non-hydrogen) atoms. The van der Waals surface area contributed by atoms with Crippen molar-refractivity contribution in [3.05, 3.63) is 99.6 Å². The first-order valence-electron chi connectivity index (χ1n) is 11.0. The fourth-order valence-electron chi connectivity index (χ4n) is 4.12. The van der Waals surface area contributed by atoms with E-state index in [1.54, 1.807) is 28.7 Å². The molecule has 2 heterocycles. The molecular weight excluding hydrogens is 465 g/mol. The summed E-state index contributed by atoms with van der Waals surface area (Å²) in [6.07, 6.45) is 0. The number of carbonyl (C=O) groups excluding carboxylic acids is 1. The molecule has 0 fully saturated rings. The SMILES string of the molecule is Cc1cc(C)cc(NC(=O)CSc2nnc3n(Cc4ccc(F)cc4)c(=O)c4ccccc4n23)c1. The molecule has 0 spiro atoms. The van der Waals surface area contributed by atoms with Crippen molar-refractivity contribution in [2.75, 3.05) is 11.1 Å². The fraction of sp³-hybridized carbons (Fsp3) is 0.154. The molecule has 0 saturated carbocycles. The van der Waals surface area contributed by atoms with Gasteiger partial charge in [0, 0.05) is 5.69 Å². The summed E-state index contributed by atoms with van der Waals surface area (Å²) in [4.78, 5) is 25.9. The number of hydrogen-bond donors (Lipinski definition) is 1. The van der Waals surface area contributed by atoms with Crippen LogP contribution in [0.4, 0.5) is 10.1 Å². The largest absolute Gasteiger partial charge is 0.325 e. The zero-order valence-electron chi connectivity index (χ0n) is 19.2. The molecule has 0 radical (unpaired) electrons. The third kappa shape index (κ3) is 4.67. The number of hydrogen-bond acceptors (Lipinski definition) is 5. The van der Waals surface area contributed by atoms with Crippen LogP contribution in [0.2, 0.25) is 0 Å². The van der Waals surface area contributed by atoms with Crippen LogP contribution < -0.4 is 10.9 Å². The number of benzene rings is 3. The molecule has 1 amide bonds. The Labute approximate surface area is 204 Å². The van der Waals surface area contributed by atoms with Gasteiger partial charge in [-0.3, -0.25) is 18.6 Å². The van der Waals surface area contributed by atoms with E-state index >= 15 is 0 Å². The van der Waals surface area contributed by atoms with E-state index in [0.29, 0.717) is 21.8 Å². The van der Waals surface area contributed by atoms with Crippen LogP contribution in [0.25, 0.3) is 16.7 Å². The number of nitrogens with one attached hydrogen (secondary N) is 1. The monoisotopic (exact) mass is 487 g/mol. The van der Waals surface area contributed by atoms with Gasteiger partial charge in [-0.1, -0.05) is 42.1 Å². The Morgan fingerprint density at radius 3 is 2.46 bits per heavy atom. The summed E-state index contributed by atoms with van der Waals surface area (Å²) < 4.78 is 16.7. The van der Waals surface area contributed by atoms with Gasteiger partial charge in [-0.15, -0.1) is 10.2 Å². The standard InChI is InChI=1S/C26H22FN5O2S/c1-16-11-17(2)13-20(12-16)28-23(33)15-35-26-30-29-25-31(14-18-7-9-19(27)10-8-18)24(34)21-5-3-4-6-22(21)32(25)26/h3-13H,14-15H2,1-2H3,(H,28,33). The summed E-state index contributed by atoms with van der Waals surface area (Å²) in [5.41, 5.74) is 4.09. The molecule has 5 rings (SSSR count). The lowest BCUT2D eigenvalue weighted by Crippen LogP contribution is -2.24. The third-order valence-corrected chi connectivity index (χ3v) is 6.50. The summed E-state index contributed by atoms with van der Waals surface area (Å²) >= 11 is 1.24. The van der Waals surface area contributed by atoms with E-state index in [1.807, 2.05) is 44.2 Å². The molecule has 0 aliphatic heterocycles. The highest BCUT2D eigenvalue weighted by atomic mass is 32.2. The smallest absolute Gasteiger partial charge is 0.263 e. The summed E-state index contributed by atoms with van der Waals surface area (Å²) in [5, 5.41) is 12.5. The Bertz CT molecular complexity index is 1610. The second-order valence-corrected chi connectivity index (χ2v) is 9.31. The van der Waals surface area contributed by atoms with E-state index in [-0.39, 0.29) is 29.6 Å². The van der Waals surface area contributed by atoms with E-state index in [4.69, 9.17) is 0 Å². The van der Waals surface area contributed by atoms with Crippen molar-refractivity contribution >= 4 is 40.0 Å². The molecular formula is C26H22FN5O2S. The number of carbonyl (C=O) groups is 1. The molecule has 0 bridgehead atoms. The van der Waals surface area contributed by atoms with E-state index in [1.165, 1.54) is 28.5 Å². The Hall–Kier alpha value is -3.98. The zero-order chi connectivity index (χ0) is 24.5. The van der Waals surface area contributed by atoms with Crippen LogP contribution in [-0.4, -0.2) is 30.8 Å². The topological polar surface area (TPSA) is 81.3 Å². The predicted molar refractivity (Wildman–Crippen MR) is 136 cm³/mol. The zero-order valence-corrected chi connectivity index (χ0v) is 20.0. The second kappa shape index (κ2) is 9.34. The average molecular weight is 488 g/mol. The van der Waals surface area contributed by atoms with Crippen LogP contribution in [0, 0.1) is 19.7 Å². The molecule has 0 aliphatic rings. The minimum atomic E-state index is -0.343. The summed E-state index contributed by atoms with van der Waals surface area (Å²) in [6, 6.07) is 19.1. The molecule has 0 aliphatic carbocycles. The highest BCUT2D eigenvalue weighted by Gasteiger charge is 2.18. The van der Waals surface area contributed by atoms with Crippen molar-refractivity contribution in [2.45, 2.75) is 25.5 Å². The van der Waals surface area contributed by atoms with E-state index in [0.717, 1.165) is 22.4 Å². The summed E-state index contributed by atoms with van der Waals surface area (Å²) in [7, 11) is 0. The van der Waals surface area contributed by atoms with Crippen molar-refractivity contribution < 1.29 is 9.18 Å². The third-order valence-electron chi connectivity index (χ3n) is 5.57. The van der Waals surface area contributed by atoms with Crippen LogP contribution in [0.5, 0.6) is 0 Å². The molecule has 2 aromatic heterocycles. The number of aryl methyl sites for hydroxylation is 2. The van der Waals surface area contributed by atoms with E-state index in [2.05, 4.69) is 15.5 Å². The Balaban J connectivity index is 1.48. The highest BCUT2D eigenvalue weighted by molar-refractivity contribution is 7.99. The van der Waals surface area contributed by atoms with Crippen LogP contribution in [0.3, 0.4) is 0 Å². The van der Waals surface area contributed by atoms with Crippen molar-refractivity contribution in [3.63, 3.8) is 0 Å². The first-order chi connectivity index (χ1) is 16.9. The Morgan fingerprint density at radius 1 is 1.00 bits per heavy atom. The number of fused-ring (bicyclic) bond motifs is 3. The lowest BCUT2D eigenvalue weighted by atomic mass is 10.1. The predicted octanol–water partition coefficient (Wildman–Crippen LogP) is 4.58. The Kier molecular flexibility index (Phi) is 6.08. The maximum absolute atomic E-state index is 13.4. The van der Waals surface area contributed by atoms with Gasteiger partial charge in [0.25, 0.3) is 5.56 Å². The first kappa shape index (κ1) is 22.8. The van der Waals surface area contributed by atoms with Gasteiger partial charge in [0.05, 0.1) is 23.2 Å². The van der Waals surface area contributed by atoms with E-state index in [9.17, 15) is 14.0 Å². The van der Waals surface area contributed by atoms with Gasteiger partial charge in [-0.2, -0.15) is 0 Å². The fourth-order valence-corrected chi connectivity index (χ4v) is 4.86. The number of amides is 1. The number of nitrogens with zero attached hydrogens (tertiary/aromatic N) is 4. The van der Waals surface area contributed by atoms with Gasteiger partial charge in [0.2, 0.25) is 11.7 Å². The molecule has 3 aromatic carbocycles. The van der Waals surface area contributed by atoms with Crippen LogP contribution in [-0.2, 0) is 11.3 Å². The number of thioether (sulfide) groups is 1. The van der Waals surface area contributed by atoms with Crippen LogP contribution >= 0.6 is 11.8 Å². The average Bonchev–Trinajstić information content (AvgIpc) is 3.25. The molecule has 0 unspecified atom stereocenters. The van der Waals surface area contributed by atoms with Gasteiger partial charge in [-0.25, -0.2) is 4.39 Å². The van der Waals surface area contributed by atoms with E-state index < -0.39 is 0 Å². The van der Waals surface area contributed by atoms with Gasteiger partial charge in [0.15, 0.2) is 5.16 Å². The van der Waals surface area contributed by atoms with Gasteiger partial charge in [-0.05, 0) is 66.9 Å². The van der Waals surface area contributed by atoms with Gasteiger partial charge < -0.3 is 5.32 Å². The molecule has 176 valence electrons. The number of aromatic nitrogens is 4. The van der Waals surface area contributed by atoms with Crippen LogP contribution in [0.1, 0.15) is 16.7 Å². The lowest BCUT2D eigenvalue weighted by Gasteiger charge is -2.11. The molecule has 5 aromatic rings. The van der Waals surface area contributed by atoms with Crippen molar-refractivity contribution in [2.24, 2.45) is 0 Å². The van der Waals surface area contributed by atoms with Crippen molar-refractivity contribution in [1.29, 1.82) is 0 Å². The van der Waals surface area contributed by atoms with Gasteiger partial charge in [0.1, 0.15) is 5.82 Å². The molecule has 1 N–H and O–H groups in total. The maximum Gasteiger partial charge on any atom is 0.263 e. The summed E-state index contributed by atoms with van der Waals surface area (Å²) in [5.74, 6) is -0.0277. The summed E-state index contributed by atoms with van der Waals surface area (Å²) in [6.45, 7) is 4.18. The number of halogens is 1. The normalized spacial score (nSPS) is 11.3. The number of rotatable bonds is 6. The molecule has 9 heteroatoms. The second-order valence-electron chi connectivity index (χ2n) is 8.37. The van der Waals surface area contributed by atoms with Crippen molar-refractivity contribution in [3.8, 4) is 0 Å². The Morgan fingerprint density at radius 2 is 1.71 bits per heavy atom. The lowest BCUT2D eigenvalue weighted by molar-refractivity contribution is -0.113. The molecule has 0 saturated heterocycles. The highest BCUT2D eigenvalue weighted by Crippen LogP contribution is 2.23. The van der Waals surface area contributed by atoms with Gasteiger partial charge >= 0.3 is 0 Å². The minimum absolute atomic E-state index is 0.124. The quantitative estimate of drug-likeness (QED) is 0.355. The first-order valence-corrected chi connectivity index (χ1v) is 12.0. The molecule has 0 atom stereocenters. The van der Waals surface area contributed by atoms with Crippen molar-refractivity contribution in [1.82, 2.24) is 19.2 Å². The number of anilines is 1. The molecule has 7 nitrogen and oxygen atoms in total.